The van der Waals surface area contributed by atoms with Crippen LogP contribution in [0, 0.1) is 17.4 Å². The lowest BCUT2D eigenvalue weighted by Crippen LogP contribution is -2.00. The number of nitrogens with zero attached hydrogens (tertiary/aromatic N) is 1. The third-order valence-electron chi connectivity index (χ3n) is 2.74. The van der Waals surface area contributed by atoms with Gasteiger partial charge in [-0.15, -0.1) is 0 Å². The van der Waals surface area contributed by atoms with E-state index in [9.17, 15) is 0 Å². The van der Waals surface area contributed by atoms with Crippen LogP contribution in [0.1, 0.15) is 11.1 Å². The topological polar surface area (TPSA) is 50.9 Å². The van der Waals surface area contributed by atoms with Gasteiger partial charge in [0.25, 0.3) is 0 Å². The molecule has 0 amide bonds. The molecule has 1 heterocycles. The van der Waals surface area contributed by atoms with E-state index in [1.807, 2.05) is 13.0 Å². The van der Waals surface area contributed by atoms with Crippen LogP contribution < -0.4 is 11.1 Å². The van der Waals surface area contributed by atoms with Crippen LogP contribution in [0.4, 0.5) is 17.2 Å². The minimum absolute atomic E-state index is 0.686. The van der Waals surface area contributed by atoms with Crippen LogP contribution in [0.15, 0.2) is 28.9 Å². The van der Waals surface area contributed by atoms with Gasteiger partial charge in [0, 0.05) is 9.26 Å². The highest BCUT2D eigenvalue weighted by atomic mass is 127. The second-order valence-electron chi connectivity index (χ2n) is 4.09. The van der Waals surface area contributed by atoms with Gasteiger partial charge in [0.1, 0.15) is 5.82 Å². The third kappa shape index (κ3) is 2.77. The number of anilines is 3. The van der Waals surface area contributed by atoms with E-state index in [4.69, 9.17) is 5.73 Å². The average molecular weight is 418 g/mol. The Hall–Kier alpha value is -0.820. The number of nitrogens with one attached hydrogen (secondary N) is 1. The van der Waals surface area contributed by atoms with Crippen LogP contribution in [-0.4, -0.2) is 4.98 Å². The molecule has 0 spiro atoms. The summed E-state index contributed by atoms with van der Waals surface area (Å²) in [6.07, 6.45) is 1.67. The van der Waals surface area contributed by atoms with E-state index in [2.05, 4.69) is 67.9 Å². The summed E-state index contributed by atoms with van der Waals surface area (Å²) in [7, 11) is 0. The van der Waals surface area contributed by atoms with E-state index < -0.39 is 0 Å². The van der Waals surface area contributed by atoms with Gasteiger partial charge in [0.05, 0.1) is 16.4 Å². The van der Waals surface area contributed by atoms with E-state index in [0.717, 1.165) is 21.5 Å². The first-order valence-corrected chi connectivity index (χ1v) is 7.30. The highest BCUT2D eigenvalue weighted by Crippen LogP contribution is 2.30. The van der Waals surface area contributed by atoms with E-state index in [1.54, 1.807) is 6.20 Å². The maximum absolute atomic E-state index is 5.81. The molecule has 0 aliphatic heterocycles. The Kier molecular flexibility index (Phi) is 4.11. The van der Waals surface area contributed by atoms with Gasteiger partial charge in [-0.3, -0.25) is 0 Å². The summed E-state index contributed by atoms with van der Waals surface area (Å²) < 4.78 is 2.12. The van der Waals surface area contributed by atoms with Crippen molar-refractivity contribution in [2.24, 2.45) is 0 Å². The number of benzene rings is 1. The fourth-order valence-electron chi connectivity index (χ4n) is 1.49. The highest BCUT2D eigenvalue weighted by Gasteiger charge is 2.08. The van der Waals surface area contributed by atoms with Crippen molar-refractivity contribution in [3.8, 4) is 0 Å². The molecule has 5 heteroatoms. The van der Waals surface area contributed by atoms with Gasteiger partial charge in [0.2, 0.25) is 0 Å². The second-order valence-corrected chi connectivity index (χ2v) is 6.05. The molecule has 0 bridgehead atoms. The largest absolute Gasteiger partial charge is 0.397 e. The van der Waals surface area contributed by atoms with Crippen LogP contribution in [0.3, 0.4) is 0 Å². The first kappa shape index (κ1) is 13.6. The Bertz CT molecular complexity index is 599. The fraction of sp³-hybridized carbons (Fsp3) is 0.154. The molecule has 3 N–H and O–H groups in total. The zero-order valence-electron chi connectivity index (χ0n) is 10.1. The lowest BCUT2D eigenvalue weighted by Gasteiger charge is -2.11. The Labute approximate surface area is 128 Å². The molecule has 1 aromatic carbocycles. The van der Waals surface area contributed by atoms with Crippen LogP contribution in [-0.2, 0) is 0 Å². The van der Waals surface area contributed by atoms with Gasteiger partial charge < -0.3 is 11.1 Å². The third-order valence-corrected chi connectivity index (χ3v) is 4.87. The molecule has 1 aromatic heterocycles. The number of nitrogens with two attached hydrogens (primary N) is 1. The smallest absolute Gasteiger partial charge is 0.145 e. The molecular weight excluding hydrogens is 405 g/mol. The van der Waals surface area contributed by atoms with E-state index in [1.165, 1.54) is 9.13 Å². The Balaban J connectivity index is 2.34. The van der Waals surface area contributed by atoms with Gasteiger partial charge in [-0.2, -0.15) is 0 Å². The summed E-state index contributed by atoms with van der Waals surface area (Å²) in [6.45, 7) is 4.05. The first-order chi connectivity index (χ1) is 8.49. The lowest BCUT2D eigenvalue weighted by atomic mass is 10.2. The minimum atomic E-state index is 0.686. The van der Waals surface area contributed by atoms with Crippen molar-refractivity contribution < 1.29 is 0 Å². The quantitative estimate of drug-likeness (QED) is 0.712. The molecule has 0 saturated carbocycles. The van der Waals surface area contributed by atoms with Gasteiger partial charge in [-0.1, -0.05) is 6.07 Å². The monoisotopic (exact) mass is 417 g/mol. The molecule has 0 unspecified atom stereocenters. The zero-order chi connectivity index (χ0) is 13.3. The maximum Gasteiger partial charge on any atom is 0.145 e. The minimum Gasteiger partial charge on any atom is -0.397 e. The summed E-state index contributed by atoms with van der Waals surface area (Å²) >= 11 is 5.84. The van der Waals surface area contributed by atoms with Gasteiger partial charge in [0.15, 0.2) is 0 Å². The van der Waals surface area contributed by atoms with E-state index in [-0.39, 0.29) is 0 Å². The predicted octanol–water partition coefficient (Wildman–Crippen LogP) is 4.39. The Morgan fingerprint density at radius 2 is 2.06 bits per heavy atom. The summed E-state index contributed by atoms with van der Waals surface area (Å²) in [5.41, 5.74) is 9.77. The van der Waals surface area contributed by atoms with Gasteiger partial charge in [-0.05, 0) is 75.6 Å². The number of nitrogen functional groups attached to an aromatic ring is 1. The van der Waals surface area contributed by atoms with Crippen molar-refractivity contribution >= 4 is 55.7 Å². The number of hydrogen-bond acceptors (Lipinski definition) is 3. The van der Waals surface area contributed by atoms with Crippen molar-refractivity contribution in [2.45, 2.75) is 13.8 Å². The average Bonchev–Trinajstić information content (AvgIpc) is 2.34. The fourth-order valence-corrected chi connectivity index (χ4v) is 2.43. The normalized spacial score (nSPS) is 10.4. The van der Waals surface area contributed by atoms with Crippen LogP contribution in [0.5, 0.6) is 0 Å². The second kappa shape index (κ2) is 5.44. The van der Waals surface area contributed by atoms with Crippen molar-refractivity contribution in [1.82, 2.24) is 4.98 Å². The summed E-state index contributed by atoms with van der Waals surface area (Å²) in [5.74, 6) is 0.779. The molecule has 2 rings (SSSR count). The van der Waals surface area contributed by atoms with Gasteiger partial charge >= 0.3 is 0 Å². The molecule has 0 radical (unpaired) electrons. The summed E-state index contributed by atoms with van der Waals surface area (Å²) in [4.78, 5) is 4.30. The predicted molar refractivity (Wildman–Crippen MR) is 88.3 cm³/mol. The van der Waals surface area contributed by atoms with Crippen molar-refractivity contribution in [3.63, 3.8) is 0 Å². The molecule has 18 heavy (non-hydrogen) atoms. The summed E-state index contributed by atoms with van der Waals surface area (Å²) in [5, 5.41) is 3.29. The zero-order valence-corrected chi connectivity index (χ0v) is 13.8. The standard InChI is InChI=1S/C13H13BrIN3/c1-7-3-4-9(5-10(7)15)18-13-12(14)8(2)11(16)6-17-13/h3-6H,16H2,1-2H3,(H,17,18). The van der Waals surface area contributed by atoms with E-state index in [0.29, 0.717) is 5.69 Å². The molecule has 0 aliphatic rings. The van der Waals surface area contributed by atoms with Crippen molar-refractivity contribution in [2.75, 3.05) is 11.1 Å². The highest BCUT2D eigenvalue weighted by molar-refractivity contribution is 14.1. The molecule has 0 aliphatic carbocycles. The van der Waals surface area contributed by atoms with Crippen LogP contribution >= 0.6 is 38.5 Å². The molecule has 94 valence electrons. The van der Waals surface area contributed by atoms with Crippen molar-refractivity contribution in [3.05, 3.63) is 43.6 Å². The van der Waals surface area contributed by atoms with Gasteiger partial charge in [-0.25, -0.2) is 4.98 Å². The SMILES string of the molecule is Cc1ccc(Nc2ncc(N)c(C)c2Br)cc1I. The summed E-state index contributed by atoms with van der Waals surface area (Å²) in [6, 6.07) is 6.22. The molecule has 0 saturated heterocycles. The molecular formula is C13H13BrIN3. The number of aromatic nitrogens is 1. The number of rotatable bonds is 2. The number of hydrogen-bond donors (Lipinski definition) is 2. The van der Waals surface area contributed by atoms with E-state index >= 15 is 0 Å². The number of pyridine rings is 1. The molecule has 0 fully saturated rings. The van der Waals surface area contributed by atoms with Crippen LogP contribution in [0.2, 0.25) is 0 Å². The molecule has 2 aromatic rings. The molecule has 0 atom stereocenters. The molecule has 3 nitrogen and oxygen atoms in total. The number of aryl methyl sites for hydroxylation is 1. The van der Waals surface area contributed by atoms with Crippen LogP contribution in [0.25, 0.3) is 0 Å². The number of halogens is 2. The van der Waals surface area contributed by atoms with Crippen molar-refractivity contribution in [1.29, 1.82) is 0 Å². The Morgan fingerprint density at radius 1 is 1.33 bits per heavy atom. The first-order valence-electron chi connectivity index (χ1n) is 5.43. The lowest BCUT2D eigenvalue weighted by molar-refractivity contribution is 1.25. The Morgan fingerprint density at radius 3 is 2.72 bits per heavy atom. The maximum atomic E-state index is 5.81.